The van der Waals surface area contributed by atoms with Crippen molar-refractivity contribution in [3.8, 4) is 0 Å². The molecule has 3 nitrogen and oxygen atoms in total. The lowest BCUT2D eigenvalue weighted by molar-refractivity contribution is 0.0134. The fourth-order valence-electron chi connectivity index (χ4n) is 6.57. The number of nitrogens with zero attached hydrogens (tertiary/aromatic N) is 2. The summed E-state index contributed by atoms with van der Waals surface area (Å²) >= 11 is 0. The molecule has 0 rings (SSSR count). The van der Waals surface area contributed by atoms with E-state index in [1.165, 1.54) is 116 Å². The minimum absolute atomic E-state index is 0.607. The van der Waals surface area contributed by atoms with E-state index in [-0.39, 0.29) is 0 Å². The Labute approximate surface area is 248 Å². The first-order valence-corrected chi connectivity index (χ1v) is 18.1. The molecule has 3 heteroatoms. The van der Waals surface area contributed by atoms with Gasteiger partial charge in [-0.25, -0.2) is 0 Å². The van der Waals surface area contributed by atoms with Crippen molar-refractivity contribution < 1.29 is 4.74 Å². The number of unbranched alkanes of at least 4 members (excludes halogenated alkanes) is 14. The molecule has 4 unspecified atom stereocenters. The highest BCUT2D eigenvalue weighted by atomic mass is 16.5. The lowest BCUT2D eigenvalue weighted by atomic mass is 9.92. The Hall–Kier alpha value is -0.120. The second-order valence-corrected chi connectivity index (χ2v) is 12.5. The van der Waals surface area contributed by atoms with Gasteiger partial charge in [0.1, 0.15) is 0 Å². The normalized spacial score (nSPS) is 15.2. The second kappa shape index (κ2) is 28.0. The van der Waals surface area contributed by atoms with Crippen LogP contribution in [0.2, 0.25) is 0 Å². The van der Waals surface area contributed by atoms with Gasteiger partial charge in [0, 0.05) is 12.1 Å². The lowest BCUT2D eigenvalue weighted by Crippen LogP contribution is -2.42. The fourth-order valence-corrected chi connectivity index (χ4v) is 6.57. The Morgan fingerprint density at radius 1 is 0.410 bits per heavy atom. The van der Waals surface area contributed by atoms with Crippen LogP contribution in [0.1, 0.15) is 171 Å². The molecule has 0 amide bonds. The Morgan fingerprint density at radius 2 is 0.692 bits per heavy atom. The van der Waals surface area contributed by atoms with Crippen molar-refractivity contribution >= 4 is 0 Å². The average Bonchev–Trinajstić information content (AvgIpc) is 2.94. The van der Waals surface area contributed by atoms with Gasteiger partial charge >= 0.3 is 0 Å². The van der Waals surface area contributed by atoms with Crippen LogP contribution in [0.5, 0.6) is 0 Å². The third-order valence-corrected chi connectivity index (χ3v) is 9.66. The van der Waals surface area contributed by atoms with E-state index >= 15 is 0 Å². The van der Waals surface area contributed by atoms with E-state index in [2.05, 4.69) is 65.2 Å². The van der Waals surface area contributed by atoms with Gasteiger partial charge in [-0.1, -0.05) is 144 Å². The zero-order chi connectivity index (χ0) is 29.1. The zero-order valence-corrected chi connectivity index (χ0v) is 28.6. The van der Waals surface area contributed by atoms with Crippen LogP contribution in [0, 0.1) is 11.8 Å². The molecule has 0 radical (unpaired) electrons. The molecule has 0 heterocycles. The molecule has 0 aliphatic heterocycles. The molecule has 0 aliphatic carbocycles. The maximum absolute atomic E-state index is 6.67. The first-order chi connectivity index (χ1) is 19.0. The minimum Gasteiger partial charge on any atom is -0.381 e. The number of hydrogen-bond acceptors (Lipinski definition) is 3. The first kappa shape index (κ1) is 38.9. The van der Waals surface area contributed by atoms with Crippen LogP contribution in [0.15, 0.2) is 0 Å². The van der Waals surface area contributed by atoms with E-state index in [1.807, 2.05) is 0 Å². The molecule has 236 valence electrons. The summed E-state index contributed by atoms with van der Waals surface area (Å²) in [5, 5.41) is 0. The fraction of sp³-hybridized carbons (Fsp3) is 1.00. The van der Waals surface area contributed by atoms with Crippen LogP contribution in [0.3, 0.4) is 0 Å². The van der Waals surface area contributed by atoms with Gasteiger partial charge in [0.05, 0.1) is 13.2 Å². The van der Waals surface area contributed by atoms with E-state index in [0.29, 0.717) is 23.9 Å². The molecule has 0 saturated carbocycles. The lowest BCUT2D eigenvalue weighted by Gasteiger charge is -2.35. The Balaban J connectivity index is 4.83. The molecule has 0 N–H and O–H groups in total. The van der Waals surface area contributed by atoms with Crippen LogP contribution in [-0.2, 0) is 4.74 Å². The first-order valence-electron chi connectivity index (χ1n) is 18.1. The number of hydrogen-bond donors (Lipinski definition) is 0. The summed E-state index contributed by atoms with van der Waals surface area (Å²) < 4.78 is 6.67. The number of rotatable bonds is 30. The predicted molar refractivity (Wildman–Crippen MR) is 177 cm³/mol. The van der Waals surface area contributed by atoms with Crippen LogP contribution in [0.25, 0.3) is 0 Å². The molecule has 0 aliphatic rings. The monoisotopic (exact) mass is 553 g/mol. The maximum Gasteiger partial charge on any atom is 0.0509 e. The molecular formula is C36H76N2O. The molecule has 0 aromatic rings. The third-order valence-electron chi connectivity index (χ3n) is 9.66. The van der Waals surface area contributed by atoms with Gasteiger partial charge in [-0.05, 0) is 64.7 Å². The van der Waals surface area contributed by atoms with Crippen molar-refractivity contribution in [3.63, 3.8) is 0 Å². The SMILES string of the molecule is CCCCCCCCCCC(COCC(CCCCCCCCCC)C(C)N(CC)CC)C(C)N(CC)CC. The highest BCUT2D eigenvalue weighted by molar-refractivity contribution is 4.78. The van der Waals surface area contributed by atoms with Crippen molar-refractivity contribution in [1.29, 1.82) is 0 Å². The van der Waals surface area contributed by atoms with Gasteiger partial charge < -0.3 is 14.5 Å². The van der Waals surface area contributed by atoms with E-state index < -0.39 is 0 Å². The molecule has 0 bridgehead atoms. The van der Waals surface area contributed by atoms with Crippen LogP contribution in [0.4, 0.5) is 0 Å². The van der Waals surface area contributed by atoms with Gasteiger partial charge in [0.25, 0.3) is 0 Å². The highest BCUT2D eigenvalue weighted by Crippen LogP contribution is 2.24. The Bertz CT molecular complexity index is 435. The third kappa shape index (κ3) is 19.6. The minimum atomic E-state index is 0.607. The number of ether oxygens (including phenoxy) is 1. The zero-order valence-electron chi connectivity index (χ0n) is 28.6. The van der Waals surface area contributed by atoms with E-state index in [9.17, 15) is 0 Å². The summed E-state index contributed by atoms with van der Waals surface area (Å²) in [6.07, 6.45) is 25.1. The maximum atomic E-state index is 6.67. The largest absolute Gasteiger partial charge is 0.381 e. The highest BCUT2D eigenvalue weighted by Gasteiger charge is 2.25. The van der Waals surface area contributed by atoms with Gasteiger partial charge in [-0.3, -0.25) is 0 Å². The van der Waals surface area contributed by atoms with Crippen LogP contribution < -0.4 is 0 Å². The van der Waals surface area contributed by atoms with E-state index in [1.54, 1.807) is 0 Å². The molecule has 4 atom stereocenters. The topological polar surface area (TPSA) is 15.7 Å². The molecule has 0 spiro atoms. The van der Waals surface area contributed by atoms with Crippen LogP contribution in [-0.4, -0.2) is 61.3 Å². The summed E-state index contributed by atoms with van der Waals surface area (Å²) in [4.78, 5) is 5.30. The molecule has 0 aromatic heterocycles. The molecule has 0 fully saturated rings. The van der Waals surface area contributed by atoms with E-state index in [4.69, 9.17) is 4.74 Å². The average molecular weight is 553 g/mol. The van der Waals surface area contributed by atoms with Gasteiger partial charge in [0.2, 0.25) is 0 Å². The van der Waals surface area contributed by atoms with Crippen molar-refractivity contribution in [2.24, 2.45) is 11.8 Å². The molecule has 0 aromatic carbocycles. The summed E-state index contributed by atoms with van der Waals surface area (Å²) in [5.74, 6) is 1.30. The molecular weight excluding hydrogens is 476 g/mol. The predicted octanol–water partition coefficient (Wildman–Crippen LogP) is 10.8. The summed E-state index contributed by atoms with van der Waals surface area (Å²) in [5.41, 5.74) is 0. The Kier molecular flexibility index (Phi) is 27.9. The van der Waals surface area contributed by atoms with Crippen molar-refractivity contribution in [3.05, 3.63) is 0 Å². The van der Waals surface area contributed by atoms with Crippen molar-refractivity contribution in [2.75, 3.05) is 39.4 Å². The van der Waals surface area contributed by atoms with Gasteiger partial charge in [-0.15, -0.1) is 0 Å². The van der Waals surface area contributed by atoms with Crippen molar-refractivity contribution in [2.45, 2.75) is 183 Å². The van der Waals surface area contributed by atoms with Gasteiger partial charge in [-0.2, -0.15) is 0 Å². The standard InChI is InChI=1S/C36H76N2O/c1-9-15-17-19-21-23-25-27-29-35(33(7)37(11-3)12-4)31-39-32-36(34(8)38(13-5)14-6)30-28-26-24-22-20-18-16-10-2/h33-36H,9-32H2,1-8H3. The van der Waals surface area contributed by atoms with Crippen molar-refractivity contribution in [1.82, 2.24) is 9.80 Å². The van der Waals surface area contributed by atoms with E-state index in [0.717, 1.165) is 39.4 Å². The second-order valence-electron chi connectivity index (χ2n) is 12.5. The van der Waals surface area contributed by atoms with Crippen LogP contribution >= 0.6 is 0 Å². The summed E-state index contributed by atoms with van der Waals surface area (Å²) in [6.45, 7) is 25.3. The molecule has 0 saturated heterocycles. The van der Waals surface area contributed by atoms with Gasteiger partial charge in [0.15, 0.2) is 0 Å². The smallest absolute Gasteiger partial charge is 0.0509 e. The quantitative estimate of drug-likeness (QED) is 0.0824. The summed E-state index contributed by atoms with van der Waals surface area (Å²) in [7, 11) is 0. The Morgan fingerprint density at radius 3 is 0.974 bits per heavy atom. The summed E-state index contributed by atoms with van der Waals surface area (Å²) in [6, 6.07) is 1.21. The molecule has 39 heavy (non-hydrogen) atoms.